The van der Waals surface area contributed by atoms with Crippen LogP contribution in [-0.2, 0) is 4.79 Å². The molecule has 0 rings (SSSR count). The minimum Gasteiger partial charge on any atom is -0.299 e. The average Bonchev–Trinajstić information content (AvgIpc) is 1.82. The number of nitrogens with zero attached hydrogens (tertiary/aromatic N) is 1. The molecular formula is C10H21NO. The normalized spacial score (nSPS) is 12.2. The molecule has 0 radical (unpaired) electrons. The monoisotopic (exact) mass is 171 g/mol. The van der Waals surface area contributed by atoms with Gasteiger partial charge >= 0.3 is 0 Å². The second-order valence-electron chi connectivity index (χ2n) is 4.57. The lowest BCUT2D eigenvalue weighted by atomic mass is 9.96. The molecule has 0 fully saturated rings. The molecule has 2 nitrogen and oxygen atoms in total. The van der Waals surface area contributed by atoms with Gasteiger partial charge in [-0.1, -0.05) is 27.7 Å². The van der Waals surface area contributed by atoms with Crippen LogP contribution in [0.1, 0.15) is 34.6 Å². The lowest BCUT2D eigenvalue weighted by Crippen LogP contribution is -2.35. The molecule has 0 atom stereocenters. The Kier molecular flexibility index (Phi) is 4.46. The molecule has 0 aliphatic rings. The van der Waals surface area contributed by atoms with Crippen molar-refractivity contribution in [3.05, 3.63) is 0 Å². The molecule has 72 valence electrons. The maximum atomic E-state index is 10.9. The molecule has 2 heteroatoms. The molecule has 0 saturated heterocycles. The minimum absolute atomic E-state index is 0.251. The van der Waals surface area contributed by atoms with Crippen molar-refractivity contribution in [3.8, 4) is 0 Å². The summed E-state index contributed by atoms with van der Waals surface area (Å²) in [5.41, 5.74) is 0.283. The molecule has 0 unspecified atom stereocenters. The second-order valence-corrected chi connectivity index (χ2v) is 4.57. The van der Waals surface area contributed by atoms with Gasteiger partial charge in [0.05, 0.1) is 6.54 Å². The number of carbonyl (C=O) groups excluding carboxylic acids is 1. The van der Waals surface area contributed by atoms with E-state index >= 15 is 0 Å². The van der Waals surface area contributed by atoms with Crippen LogP contribution >= 0.6 is 0 Å². The van der Waals surface area contributed by atoms with Gasteiger partial charge in [0.15, 0.2) is 0 Å². The molecule has 0 saturated carbocycles. The molecule has 0 aromatic carbocycles. The number of hydrogen-bond acceptors (Lipinski definition) is 2. The molecular weight excluding hydrogens is 150 g/mol. The van der Waals surface area contributed by atoms with Crippen molar-refractivity contribution in [1.29, 1.82) is 0 Å². The molecule has 0 N–H and O–H groups in total. The van der Waals surface area contributed by atoms with Crippen molar-refractivity contribution in [2.75, 3.05) is 19.6 Å². The molecule has 12 heavy (non-hydrogen) atoms. The third-order valence-corrected chi connectivity index (χ3v) is 1.59. The van der Waals surface area contributed by atoms with E-state index in [9.17, 15) is 4.79 Å². The highest BCUT2D eigenvalue weighted by Gasteiger charge is 2.15. The van der Waals surface area contributed by atoms with Crippen LogP contribution in [0.5, 0.6) is 0 Å². The molecule has 0 amide bonds. The SMILES string of the molecule is CCN(CC(C)=O)CC(C)(C)C. The van der Waals surface area contributed by atoms with E-state index in [-0.39, 0.29) is 11.2 Å². The third kappa shape index (κ3) is 6.35. The Hall–Kier alpha value is -0.370. The molecule has 0 bridgehead atoms. The van der Waals surface area contributed by atoms with E-state index in [1.807, 2.05) is 0 Å². The van der Waals surface area contributed by atoms with Gasteiger partial charge in [-0.25, -0.2) is 0 Å². The average molecular weight is 171 g/mol. The van der Waals surface area contributed by atoms with Crippen molar-refractivity contribution in [2.45, 2.75) is 34.6 Å². The highest BCUT2D eigenvalue weighted by Crippen LogP contribution is 2.14. The lowest BCUT2D eigenvalue weighted by Gasteiger charge is -2.27. The Morgan fingerprint density at radius 3 is 2.08 bits per heavy atom. The fourth-order valence-electron chi connectivity index (χ4n) is 1.27. The summed E-state index contributed by atoms with van der Waals surface area (Å²) < 4.78 is 0. The molecule has 0 aliphatic carbocycles. The number of rotatable bonds is 4. The maximum absolute atomic E-state index is 10.9. The fourth-order valence-corrected chi connectivity index (χ4v) is 1.27. The number of likely N-dealkylation sites (N-methyl/N-ethyl adjacent to an activating group) is 1. The smallest absolute Gasteiger partial charge is 0.143 e. The van der Waals surface area contributed by atoms with Crippen molar-refractivity contribution in [3.63, 3.8) is 0 Å². The zero-order chi connectivity index (χ0) is 9.78. The van der Waals surface area contributed by atoms with E-state index in [4.69, 9.17) is 0 Å². The number of hydrogen-bond donors (Lipinski definition) is 0. The molecule has 0 spiro atoms. The van der Waals surface area contributed by atoms with E-state index in [2.05, 4.69) is 32.6 Å². The second kappa shape index (κ2) is 4.61. The largest absolute Gasteiger partial charge is 0.299 e. The van der Waals surface area contributed by atoms with Gasteiger partial charge in [0.25, 0.3) is 0 Å². The Morgan fingerprint density at radius 1 is 1.33 bits per heavy atom. The van der Waals surface area contributed by atoms with Crippen LogP contribution in [0.15, 0.2) is 0 Å². The van der Waals surface area contributed by atoms with Crippen molar-refractivity contribution in [1.82, 2.24) is 4.90 Å². The predicted molar refractivity (Wildman–Crippen MR) is 52.3 cm³/mol. The van der Waals surface area contributed by atoms with Crippen molar-refractivity contribution < 1.29 is 4.79 Å². The van der Waals surface area contributed by atoms with E-state index in [1.54, 1.807) is 6.92 Å². The number of Topliss-reactive ketones (excluding diaryl/α,β-unsaturated/α-hetero) is 1. The predicted octanol–water partition coefficient (Wildman–Crippen LogP) is 1.94. The van der Waals surface area contributed by atoms with Gasteiger partial charge < -0.3 is 0 Å². The molecule has 0 heterocycles. The number of carbonyl (C=O) groups is 1. The first kappa shape index (κ1) is 11.6. The first-order valence-electron chi connectivity index (χ1n) is 4.57. The zero-order valence-electron chi connectivity index (χ0n) is 8.98. The zero-order valence-corrected chi connectivity index (χ0v) is 8.98. The fraction of sp³-hybridized carbons (Fsp3) is 0.900. The van der Waals surface area contributed by atoms with Crippen molar-refractivity contribution in [2.24, 2.45) is 5.41 Å². The van der Waals surface area contributed by atoms with E-state index < -0.39 is 0 Å². The summed E-state index contributed by atoms with van der Waals surface area (Å²) in [6.45, 7) is 12.8. The highest BCUT2D eigenvalue weighted by molar-refractivity contribution is 5.77. The summed E-state index contributed by atoms with van der Waals surface area (Å²) in [6.07, 6.45) is 0. The van der Waals surface area contributed by atoms with E-state index in [1.165, 1.54) is 0 Å². The first-order valence-corrected chi connectivity index (χ1v) is 4.57. The van der Waals surface area contributed by atoms with Crippen LogP contribution in [0.3, 0.4) is 0 Å². The van der Waals surface area contributed by atoms with Crippen LogP contribution in [0.4, 0.5) is 0 Å². The summed E-state index contributed by atoms with van der Waals surface area (Å²) in [4.78, 5) is 13.0. The van der Waals surface area contributed by atoms with Crippen LogP contribution in [-0.4, -0.2) is 30.3 Å². The third-order valence-electron chi connectivity index (χ3n) is 1.59. The molecule has 0 aromatic rings. The Labute approximate surface area is 75.9 Å². The maximum Gasteiger partial charge on any atom is 0.143 e. The Morgan fingerprint density at radius 2 is 1.83 bits per heavy atom. The lowest BCUT2D eigenvalue weighted by molar-refractivity contribution is -0.118. The standard InChI is InChI=1S/C10H21NO/c1-6-11(7-9(2)12)8-10(3,4)5/h6-8H2,1-5H3. The minimum atomic E-state index is 0.251. The highest BCUT2D eigenvalue weighted by atomic mass is 16.1. The van der Waals surface area contributed by atoms with E-state index in [0.717, 1.165) is 13.1 Å². The van der Waals surface area contributed by atoms with Gasteiger partial charge in [0, 0.05) is 6.54 Å². The van der Waals surface area contributed by atoms with Crippen LogP contribution in [0.25, 0.3) is 0 Å². The van der Waals surface area contributed by atoms with E-state index in [0.29, 0.717) is 6.54 Å². The molecule has 0 aromatic heterocycles. The topological polar surface area (TPSA) is 20.3 Å². The van der Waals surface area contributed by atoms with Gasteiger partial charge in [-0.15, -0.1) is 0 Å². The molecule has 0 aliphatic heterocycles. The van der Waals surface area contributed by atoms with Gasteiger partial charge in [0.1, 0.15) is 5.78 Å². The quantitative estimate of drug-likeness (QED) is 0.644. The van der Waals surface area contributed by atoms with Crippen LogP contribution < -0.4 is 0 Å². The summed E-state index contributed by atoms with van der Waals surface area (Å²) in [5.74, 6) is 0.251. The summed E-state index contributed by atoms with van der Waals surface area (Å²) in [5, 5.41) is 0. The summed E-state index contributed by atoms with van der Waals surface area (Å²) in [6, 6.07) is 0. The number of ketones is 1. The summed E-state index contributed by atoms with van der Waals surface area (Å²) >= 11 is 0. The van der Waals surface area contributed by atoms with Crippen molar-refractivity contribution >= 4 is 5.78 Å². The van der Waals surface area contributed by atoms with Crippen LogP contribution in [0, 0.1) is 5.41 Å². The first-order chi connectivity index (χ1) is 5.35. The Bertz CT molecular complexity index is 146. The van der Waals surface area contributed by atoms with Gasteiger partial charge in [-0.2, -0.15) is 0 Å². The summed E-state index contributed by atoms with van der Waals surface area (Å²) in [7, 11) is 0. The van der Waals surface area contributed by atoms with Gasteiger partial charge in [-0.3, -0.25) is 9.69 Å². The van der Waals surface area contributed by atoms with Gasteiger partial charge in [-0.05, 0) is 18.9 Å². The van der Waals surface area contributed by atoms with Gasteiger partial charge in [0.2, 0.25) is 0 Å². The Balaban J connectivity index is 3.92. The van der Waals surface area contributed by atoms with Crippen LogP contribution in [0.2, 0.25) is 0 Å².